The molecule has 0 unspecified atom stereocenters. The lowest BCUT2D eigenvalue weighted by Crippen LogP contribution is -2.58. The van der Waals surface area contributed by atoms with Crippen LogP contribution in [-0.2, 0) is 29.1 Å². The largest absolute Gasteiger partial charge is 0.496 e. The van der Waals surface area contributed by atoms with Crippen molar-refractivity contribution < 1.29 is 46.5 Å². The number of allylic oxidation sites excluding steroid dienone is 2. The summed E-state index contributed by atoms with van der Waals surface area (Å²) in [5.41, 5.74) is -0.674. The zero-order valence-corrected chi connectivity index (χ0v) is 33.1. The Labute approximate surface area is 327 Å². The van der Waals surface area contributed by atoms with E-state index < -0.39 is 74.1 Å². The minimum absolute atomic E-state index is 0.0230. The number of rotatable bonds is 5. The van der Waals surface area contributed by atoms with Gasteiger partial charge in [-0.2, -0.15) is 0 Å². The van der Waals surface area contributed by atoms with Gasteiger partial charge in [0.15, 0.2) is 0 Å². The maximum absolute atomic E-state index is 14.6. The number of fused-ring (bicyclic) bond motifs is 4. The summed E-state index contributed by atoms with van der Waals surface area (Å²) < 4.78 is 51.6. The van der Waals surface area contributed by atoms with Crippen molar-refractivity contribution in [1.29, 1.82) is 0 Å². The number of hydrogen-bond donors (Lipinski definition) is 3. The molecule has 56 heavy (non-hydrogen) atoms. The lowest BCUT2D eigenvalue weighted by Gasteiger charge is -2.30. The fourth-order valence-corrected chi connectivity index (χ4v) is 9.13. The highest BCUT2D eigenvalue weighted by Gasteiger charge is 2.62. The van der Waals surface area contributed by atoms with E-state index in [1.165, 1.54) is 12.0 Å². The van der Waals surface area contributed by atoms with E-state index in [4.69, 9.17) is 18.9 Å². The van der Waals surface area contributed by atoms with E-state index >= 15 is 0 Å². The van der Waals surface area contributed by atoms with Crippen LogP contribution in [0.5, 0.6) is 17.4 Å². The van der Waals surface area contributed by atoms with Crippen LogP contribution in [0.2, 0.25) is 0 Å². The Kier molecular flexibility index (Phi) is 11.0. The Hall–Kier alpha value is -4.86. The average Bonchev–Trinajstić information content (AvgIpc) is 4.09. The molecule has 5 aliphatic rings. The first-order valence-electron chi connectivity index (χ1n) is 19.4. The molecule has 0 spiro atoms. The predicted molar refractivity (Wildman–Crippen MR) is 206 cm³/mol. The molecule has 16 heteroatoms. The number of nitrogens with one attached hydrogen (secondary N) is 3. The highest BCUT2D eigenvalue weighted by Crippen LogP contribution is 2.46. The topological polar surface area (TPSA) is 192 Å². The van der Waals surface area contributed by atoms with Gasteiger partial charge in [-0.3, -0.25) is 19.1 Å². The van der Waals surface area contributed by atoms with Crippen molar-refractivity contribution in [3.05, 3.63) is 42.0 Å². The summed E-state index contributed by atoms with van der Waals surface area (Å²) in [7, 11) is -0.839. The predicted octanol–water partition coefficient (Wildman–Crippen LogP) is 4.14. The molecule has 5 bridgehead atoms. The molecular weight excluding hydrogens is 743 g/mol. The molecule has 4 heterocycles. The van der Waals surface area contributed by atoms with E-state index in [0.29, 0.717) is 60.9 Å². The minimum atomic E-state index is -3.90. The molecule has 7 rings (SSSR count). The molecule has 1 saturated heterocycles. The number of aromatic nitrogens is 1. The van der Waals surface area contributed by atoms with Gasteiger partial charge in [0.1, 0.15) is 35.2 Å². The highest BCUT2D eigenvalue weighted by atomic mass is 32.2. The van der Waals surface area contributed by atoms with Crippen molar-refractivity contribution in [3.63, 3.8) is 0 Å². The third-order valence-electron chi connectivity index (χ3n) is 11.3. The van der Waals surface area contributed by atoms with Crippen molar-refractivity contribution >= 4 is 50.8 Å². The van der Waals surface area contributed by atoms with E-state index in [2.05, 4.69) is 20.3 Å². The first-order valence-corrected chi connectivity index (χ1v) is 20.9. The van der Waals surface area contributed by atoms with Gasteiger partial charge in [-0.25, -0.2) is 18.2 Å². The summed E-state index contributed by atoms with van der Waals surface area (Å²) in [6, 6.07) is 3.21. The lowest BCUT2D eigenvalue weighted by molar-refractivity contribution is -0.141. The van der Waals surface area contributed by atoms with E-state index in [1.54, 1.807) is 19.2 Å². The van der Waals surface area contributed by atoms with E-state index in [1.807, 2.05) is 44.2 Å². The zero-order chi connectivity index (χ0) is 39.8. The van der Waals surface area contributed by atoms with Gasteiger partial charge in [0.25, 0.3) is 5.91 Å². The van der Waals surface area contributed by atoms with Crippen LogP contribution in [0.25, 0.3) is 17.0 Å². The quantitative estimate of drug-likeness (QED) is 0.369. The second kappa shape index (κ2) is 15.6. The number of sulfonamides is 1. The first-order chi connectivity index (χ1) is 26.7. The third kappa shape index (κ3) is 8.44. The maximum Gasteiger partial charge on any atom is 0.407 e. The number of nitrogens with zero attached hydrogens (tertiary/aromatic N) is 2. The molecule has 302 valence electrons. The van der Waals surface area contributed by atoms with Gasteiger partial charge in [0.2, 0.25) is 27.7 Å². The maximum atomic E-state index is 14.6. The smallest absolute Gasteiger partial charge is 0.407 e. The molecular formula is C40H51N5O10S. The molecule has 1 aromatic carbocycles. The van der Waals surface area contributed by atoms with Gasteiger partial charge in [-0.1, -0.05) is 51.0 Å². The van der Waals surface area contributed by atoms with Crippen LogP contribution in [0.15, 0.2) is 36.4 Å². The van der Waals surface area contributed by atoms with Crippen molar-refractivity contribution in [3.8, 4) is 17.4 Å². The second-order valence-electron chi connectivity index (χ2n) is 16.3. The van der Waals surface area contributed by atoms with Crippen LogP contribution in [0.4, 0.5) is 4.79 Å². The summed E-state index contributed by atoms with van der Waals surface area (Å²) in [5.74, 6) is -1.08. The van der Waals surface area contributed by atoms with Crippen molar-refractivity contribution in [2.75, 3.05) is 27.4 Å². The monoisotopic (exact) mass is 793 g/mol. The fourth-order valence-electron chi connectivity index (χ4n) is 7.76. The summed E-state index contributed by atoms with van der Waals surface area (Å²) >= 11 is 0. The number of ether oxygens (including phenoxy) is 4. The van der Waals surface area contributed by atoms with Gasteiger partial charge in [0.05, 0.1) is 38.1 Å². The zero-order valence-electron chi connectivity index (χ0n) is 32.3. The van der Waals surface area contributed by atoms with Gasteiger partial charge in [-0.15, -0.1) is 0 Å². The molecule has 3 aliphatic heterocycles. The average molecular weight is 794 g/mol. The first kappa shape index (κ1) is 39.4. The summed E-state index contributed by atoms with van der Waals surface area (Å²) in [6.45, 7) is 3.99. The number of methoxy groups -OCH3 is 2. The molecule has 3 N–H and O–H groups in total. The number of carbonyl (C=O) groups excluding carboxylic acids is 4. The van der Waals surface area contributed by atoms with Crippen molar-refractivity contribution in [2.45, 2.75) is 107 Å². The summed E-state index contributed by atoms with van der Waals surface area (Å²) in [6.07, 6.45) is 11.2. The molecule has 2 saturated carbocycles. The summed E-state index contributed by atoms with van der Waals surface area (Å²) in [4.78, 5) is 62.2. The van der Waals surface area contributed by atoms with Crippen molar-refractivity contribution in [2.24, 2.45) is 11.3 Å². The highest BCUT2D eigenvalue weighted by molar-refractivity contribution is 7.91. The number of hydrogen-bond acceptors (Lipinski definition) is 11. The van der Waals surface area contributed by atoms with E-state index in [9.17, 15) is 27.6 Å². The van der Waals surface area contributed by atoms with Gasteiger partial charge in [-0.05, 0) is 51.0 Å². The molecule has 2 aromatic rings. The molecule has 2 aliphatic carbocycles. The number of benzene rings is 1. The Morgan fingerprint density at radius 3 is 2.59 bits per heavy atom. The van der Waals surface area contributed by atoms with Gasteiger partial charge in [0, 0.05) is 40.8 Å². The molecule has 3 fully saturated rings. The lowest BCUT2D eigenvalue weighted by atomic mass is 9.90. The van der Waals surface area contributed by atoms with Gasteiger partial charge >= 0.3 is 6.09 Å². The number of alkyl carbamates (subject to hydrolysis) is 1. The normalized spacial score (nSPS) is 29.5. The van der Waals surface area contributed by atoms with Gasteiger partial charge < -0.3 is 34.5 Å². The third-order valence-corrected chi connectivity index (χ3v) is 13.1. The molecule has 0 radical (unpaired) electrons. The number of pyridine rings is 1. The van der Waals surface area contributed by atoms with Crippen molar-refractivity contribution in [1.82, 2.24) is 25.2 Å². The molecule has 1 aromatic heterocycles. The standard InChI is InChI=1S/C40H51N5O10S/c1-39(2)16-10-11-24-17-28-30(19-32(24)52-3)41-34(53-4)20-33(28)55-26-18-31-35(46)43-40(37(48)44-56(50,51)27-14-15-27)21-25(40)12-8-6-5-7-9-13-29(36(47)45(31)22-26)42-38(49)54-23-39/h8,10-12,17,19-20,25-27,29,31H,5-7,9,13-16,18,21-23H2,1-4H3,(H,42,49)(H,43,46)(H,44,48)/b11-10+,12-8-/t25-,26+,29-,31-,40+/m0/s1. The van der Waals surface area contributed by atoms with Crippen LogP contribution in [0, 0.1) is 11.3 Å². The van der Waals surface area contributed by atoms with E-state index in [0.717, 1.165) is 18.4 Å². The number of carbonyl (C=O) groups is 4. The SMILES string of the molecule is COc1cc2c3cc(c(OC)cc3n1)/C=C/CC(C)(C)COC(=O)N[C@H]1CCCCC/C=C\[C@H]3C[C@@]3(C(=O)NS(=O)(=O)C3CC3)NC(=O)[C@@H]3C[C@H](CN3C1=O)O2. The van der Waals surface area contributed by atoms with Crippen LogP contribution in [-0.4, -0.2) is 98.5 Å². The van der Waals surface area contributed by atoms with Crippen LogP contribution < -0.4 is 29.6 Å². The Bertz CT molecular complexity index is 2060. The minimum Gasteiger partial charge on any atom is -0.496 e. The van der Waals surface area contributed by atoms with Crippen LogP contribution >= 0.6 is 0 Å². The Morgan fingerprint density at radius 2 is 1.84 bits per heavy atom. The Balaban J connectivity index is 1.28. The molecule has 4 amide bonds. The summed E-state index contributed by atoms with van der Waals surface area (Å²) in [5, 5.41) is 5.70. The van der Waals surface area contributed by atoms with Crippen LogP contribution in [0.1, 0.15) is 83.6 Å². The van der Waals surface area contributed by atoms with E-state index in [-0.39, 0.29) is 31.9 Å². The van der Waals surface area contributed by atoms with Crippen LogP contribution in [0.3, 0.4) is 0 Å². The molecule has 15 nitrogen and oxygen atoms in total. The number of cyclic esters (lactones) is 1. The molecule has 5 atom stereocenters. The Morgan fingerprint density at radius 1 is 1.04 bits per heavy atom. The number of amides is 4. The fraction of sp³-hybridized carbons (Fsp3) is 0.575. The second-order valence-corrected chi connectivity index (χ2v) is 18.3.